The molecule has 0 bridgehead atoms. The van der Waals surface area contributed by atoms with Gasteiger partial charge in [-0.1, -0.05) is 0 Å². The van der Waals surface area contributed by atoms with Crippen LogP contribution in [0.25, 0.3) is 5.65 Å². The first-order chi connectivity index (χ1) is 18.9. The van der Waals surface area contributed by atoms with Crippen LogP contribution in [-0.2, 0) is 4.79 Å². The number of nitrogens with one attached hydrogen (secondary N) is 1. The lowest BCUT2D eigenvalue weighted by atomic mass is 9.77. The third kappa shape index (κ3) is 6.53. The summed E-state index contributed by atoms with van der Waals surface area (Å²) in [4.78, 5) is 37.1. The van der Waals surface area contributed by atoms with Crippen LogP contribution < -0.4 is 11.1 Å². The zero-order chi connectivity index (χ0) is 28.7. The number of amides is 2. The number of carbonyl (C=O) groups excluding carboxylic acids is 2. The Morgan fingerprint density at radius 2 is 1.75 bits per heavy atom. The first-order valence-electron chi connectivity index (χ1n) is 13.1. The molecule has 2 aliphatic carbocycles. The molecule has 0 aromatic carbocycles. The molecule has 3 N–H and O–H groups in total. The molecule has 3 aromatic rings. The number of rotatable bonds is 9. The lowest BCUT2D eigenvalue weighted by molar-refractivity contribution is -0.144. The monoisotopic (exact) mass is 565 g/mol. The third-order valence-electron chi connectivity index (χ3n) is 7.55. The molecule has 2 atom stereocenters. The minimum absolute atomic E-state index is 0.0855. The summed E-state index contributed by atoms with van der Waals surface area (Å²) in [6.07, 6.45) is 1.04. The summed E-state index contributed by atoms with van der Waals surface area (Å²) >= 11 is 0. The molecule has 0 spiro atoms. The maximum atomic E-state index is 13.9. The van der Waals surface area contributed by atoms with Crippen molar-refractivity contribution < 1.29 is 31.5 Å². The van der Waals surface area contributed by atoms with E-state index < -0.39 is 48.7 Å². The first kappa shape index (κ1) is 27.8. The van der Waals surface area contributed by atoms with E-state index >= 15 is 0 Å². The van der Waals surface area contributed by atoms with Gasteiger partial charge in [-0.2, -0.15) is 18.3 Å². The minimum Gasteiger partial charge on any atom is -0.366 e. The Labute approximate surface area is 225 Å². The summed E-state index contributed by atoms with van der Waals surface area (Å²) in [7, 11) is 0. The van der Waals surface area contributed by atoms with Crippen LogP contribution in [0.1, 0.15) is 90.8 Å². The maximum absolute atomic E-state index is 13.9. The quantitative estimate of drug-likeness (QED) is 0.368. The number of halogens is 5. The molecule has 9 nitrogen and oxygen atoms in total. The van der Waals surface area contributed by atoms with E-state index in [4.69, 9.17) is 10.7 Å². The van der Waals surface area contributed by atoms with Crippen LogP contribution in [0.3, 0.4) is 0 Å². The second kappa shape index (κ2) is 10.7. The molecule has 40 heavy (non-hydrogen) atoms. The maximum Gasteiger partial charge on any atom is 0.389 e. The SMILES string of the molecule is NC(=O)c1cnc([C@H](c2cn3ncc([C@H](NC(=O)CCC(F)(F)F)C4CC4)cc3n2)C2CCC(F)(F)CC2)nc1. The Morgan fingerprint density at radius 1 is 1.07 bits per heavy atom. The van der Waals surface area contributed by atoms with Crippen molar-refractivity contribution in [2.75, 3.05) is 0 Å². The number of carbonyl (C=O) groups is 2. The van der Waals surface area contributed by atoms with Crippen molar-refractivity contribution in [2.45, 2.75) is 75.4 Å². The highest BCUT2D eigenvalue weighted by atomic mass is 19.4. The second-order valence-electron chi connectivity index (χ2n) is 10.6. The number of primary amides is 1. The van der Waals surface area contributed by atoms with Crippen LogP contribution in [0.2, 0.25) is 0 Å². The van der Waals surface area contributed by atoms with Crippen molar-refractivity contribution in [3.63, 3.8) is 0 Å². The predicted molar refractivity (Wildman–Crippen MR) is 131 cm³/mol. The van der Waals surface area contributed by atoms with E-state index in [0.29, 0.717) is 22.7 Å². The molecule has 0 unspecified atom stereocenters. The van der Waals surface area contributed by atoms with Crippen LogP contribution in [-0.4, -0.2) is 48.5 Å². The molecule has 0 aliphatic heterocycles. The fourth-order valence-electron chi connectivity index (χ4n) is 5.24. The summed E-state index contributed by atoms with van der Waals surface area (Å²) in [6, 6.07) is 1.21. The minimum atomic E-state index is -4.42. The van der Waals surface area contributed by atoms with E-state index in [-0.39, 0.29) is 43.1 Å². The van der Waals surface area contributed by atoms with Gasteiger partial charge in [0, 0.05) is 31.7 Å². The van der Waals surface area contributed by atoms with Gasteiger partial charge in [0.1, 0.15) is 5.82 Å². The molecular weight excluding hydrogens is 537 g/mol. The summed E-state index contributed by atoms with van der Waals surface area (Å²) in [5, 5.41) is 7.12. The molecule has 2 aliphatic rings. The predicted octanol–water partition coefficient (Wildman–Crippen LogP) is 4.49. The Kier molecular flexibility index (Phi) is 7.44. The zero-order valence-electron chi connectivity index (χ0n) is 21.4. The van der Waals surface area contributed by atoms with E-state index in [9.17, 15) is 31.5 Å². The van der Waals surface area contributed by atoms with Gasteiger partial charge in [-0.25, -0.2) is 28.2 Å². The number of fused-ring (bicyclic) bond motifs is 1. The normalized spacial score (nSPS) is 19.3. The lowest BCUT2D eigenvalue weighted by Crippen LogP contribution is -2.30. The van der Waals surface area contributed by atoms with E-state index in [1.54, 1.807) is 18.5 Å². The van der Waals surface area contributed by atoms with Crippen molar-refractivity contribution in [1.82, 2.24) is 29.9 Å². The fraction of sp³-hybridized carbons (Fsp3) is 0.538. The van der Waals surface area contributed by atoms with E-state index in [0.717, 1.165) is 12.8 Å². The average Bonchev–Trinajstić information content (AvgIpc) is 3.65. The van der Waals surface area contributed by atoms with Gasteiger partial charge < -0.3 is 11.1 Å². The lowest BCUT2D eigenvalue weighted by Gasteiger charge is -2.32. The molecule has 0 saturated heterocycles. The van der Waals surface area contributed by atoms with Crippen LogP contribution in [0.15, 0.2) is 30.9 Å². The van der Waals surface area contributed by atoms with E-state index in [1.807, 2.05) is 0 Å². The highest BCUT2D eigenvalue weighted by Crippen LogP contribution is 2.44. The topological polar surface area (TPSA) is 128 Å². The Hall–Kier alpha value is -3.71. The zero-order valence-corrected chi connectivity index (χ0v) is 21.4. The fourth-order valence-corrected chi connectivity index (χ4v) is 5.24. The van der Waals surface area contributed by atoms with E-state index in [2.05, 4.69) is 20.4 Å². The number of aromatic nitrogens is 5. The van der Waals surface area contributed by atoms with Gasteiger partial charge in [0.25, 0.3) is 5.91 Å². The smallest absolute Gasteiger partial charge is 0.366 e. The van der Waals surface area contributed by atoms with Crippen molar-refractivity contribution in [2.24, 2.45) is 17.6 Å². The van der Waals surface area contributed by atoms with Crippen molar-refractivity contribution in [3.05, 3.63) is 53.5 Å². The average molecular weight is 566 g/mol. The molecule has 2 fully saturated rings. The van der Waals surface area contributed by atoms with Gasteiger partial charge in [-0.3, -0.25) is 9.59 Å². The summed E-state index contributed by atoms with van der Waals surface area (Å²) in [6.45, 7) is 0. The summed E-state index contributed by atoms with van der Waals surface area (Å²) in [5.74, 6) is -4.52. The van der Waals surface area contributed by atoms with Crippen LogP contribution >= 0.6 is 0 Å². The number of hydrogen-bond donors (Lipinski definition) is 2. The number of imidazole rings is 1. The van der Waals surface area contributed by atoms with Crippen LogP contribution in [0, 0.1) is 11.8 Å². The largest absolute Gasteiger partial charge is 0.389 e. The molecule has 14 heteroatoms. The van der Waals surface area contributed by atoms with E-state index in [1.165, 1.54) is 16.9 Å². The van der Waals surface area contributed by atoms with Crippen molar-refractivity contribution >= 4 is 17.5 Å². The molecule has 5 rings (SSSR count). The standard InChI is InChI=1S/C26H28F5N7O2/c27-25(28)6-3-14(4-7-25)21(24-33-10-17(11-34-24)23(32)40)18-13-38-19(36-18)9-16(12-35-38)22(15-1-2-15)37-20(39)5-8-26(29,30)31/h9-15,21-22H,1-8H2,(H2,32,40)(H,37,39)/t21-,22+/m0/s1. The van der Waals surface area contributed by atoms with Gasteiger partial charge in [-0.15, -0.1) is 0 Å². The number of nitrogens with zero attached hydrogens (tertiary/aromatic N) is 5. The molecule has 214 valence electrons. The highest BCUT2D eigenvalue weighted by Gasteiger charge is 2.40. The summed E-state index contributed by atoms with van der Waals surface area (Å²) in [5.41, 5.74) is 6.95. The van der Waals surface area contributed by atoms with Gasteiger partial charge in [-0.05, 0) is 49.1 Å². The Balaban J connectivity index is 1.43. The summed E-state index contributed by atoms with van der Waals surface area (Å²) < 4.78 is 67.1. The van der Waals surface area contributed by atoms with Gasteiger partial charge in [0.15, 0.2) is 5.65 Å². The van der Waals surface area contributed by atoms with Crippen molar-refractivity contribution in [3.8, 4) is 0 Å². The van der Waals surface area contributed by atoms with Gasteiger partial charge in [0.05, 0.1) is 42.0 Å². The molecule has 0 radical (unpaired) electrons. The third-order valence-corrected chi connectivity index (χ3v) is 7.55. The van der Waals surface area contributed by atoms with Crippen LogP contribution in [0.5, 0.6) is 0 Å². The molecular formula is C26H28F5N7O2. The first-order valence-corrected chi connectivity index (χ1v) is 13.1. The number of hydrogen-bond acceptors (Lipinski definition) is 6. The number of nitrogens with two attached hydrogens (primary N) is 1. The Morgan fingerprint density at radius 3 is 2.35 bits per heavy atom. The Bertz CT molecular complexity index is 1380. The van der Waals surface area contributed by atoms with Crippen molar-refractivity contribution in [1.29, 1.82) is 0 Å². The molecule has 2 saturated carbocycles. The molecule has 3 aromatic heterocycles. The van der Waals surface area contributed by atoms with Gasteiger partial charge >= 0.3 is 6.18 Å². The highest BCUT2D eigenvalue weighted by molar-refractivity contribution is 5.92. The number of alkyl halides is 5. The van der Waals surface area contributed by atoms with Gasteiger partial charge in [0.2, 0.25) is 11.8 Å². The van der Waals surface area contributed by atoms with Crippen LogP contribution in [0.4, 0.5) is 22.0 Å². The molecule has 3 heterocycles. The second-order valence-corrected chi connectivity index (χ2v) is 10.6. The molecule has 2 amide bonds.